The predicted octanol–water partition coefficient (Wildman–Crippen LogP) is 2.38. The fourth-order valence-electron chi connectivity index (χ4n) is 1.36. The lowest BCUT2D eigenvalue weighted by Crippen LogP contribution is -1.94. The first-order valence-corrected chi connectivity index (χ1v) is 6.53. The molecule has 0 spiro atoms. The van der Waals surface area contributed by atoms with Gasteiger partial charge in [0.15, 0.2) is 5.82 Å². The number of aryl methyl sites for hydroxylation is 1. The van der Waals surface area contributed by atoms with Crippen molar-refractivity contribution in [1.82, 2.24) is 10.1 Å². The van der Waals surface area contributed by atoms with E-state index in [1.807, 2.05) is 19.1 Å². The molecule has 0 aliphatic heterocycles. The summed E-state index contributed by atoms with van der Waals surface area (Å²) in [6, 6.07) is 8.19. The van der Waals surface area contributed by atoms with Crippen LogP contribution in [0.25, 0.3) is 0 Å². The van der Waals surface area contributed by atoms with Crippen LogP contribution in [0.4, 0.5) is 0 Å². The Morgan fingerprint density at radius 3 is 2.65 bits per heavy atom. The third-order valence-corrected chi connectivity index (χ3v) is 3.34. The summed E-state index contributed by atoms with van der Waals surface area (Å²) in [4.78, 5) is 5.44. The molecule has 1 aromatic carbocycles. The summed E-state index contributed by atoms with van der Waals surface area (Å²) in [7, 11) is 0. The third kappa shape index (κ3) is 3.31. The van der Waals surface area contributed by atoms with Crippen molar-refractivity contribution in [3.05, 3.63) is 41.5 Å². The molecular formula is C12H15N3OS. The van der Waals surface area contributed by atoms with Crippen molar-refractivity contribution in [2.24, 2.45) is 5.73 Å². The minimum absolute atomic E-state index is 0.578. The zero-order valence-corrected chi connectivity index (χ0v) is 10.5. The van der Waals surface area contributed by atoms with Gasteiger partial charge in [0.2, 0.25) is 5.89 Å². The van der Waals surface area contributed by atoms with E-state index < -0.39 is 0 Å². The van der Waals surface area contributed by atoms with Crippen LogP contribution in [0, 0.1) is 0 Å². The highest BCUT2D eigenvalue weighted by molar-refractivity contribution is 7.98. The average molecular weight is 249 g/mol. The van der Waals surface area contributed by atoms with Gasteiger partial charge in [0.25, 0.3) is 0 Å². The summed E-state index contributed by atoms with van der Waals surface area (Å²) >= 11 is 1.68. The van der Waals surface area contributed by atoms with E-state index in [1.54, 1.807) is 11.8 Å². The van der Waals surface area contributed by atoms with Gasteiger partial charge in [-0.2, -0.15) is 4.98 Å². The molecule has 90 valence electrons. The lowest BCUT2D eigenvalue weighted by Gasteiger charge is -2.00. The maximum atomic E-state index is 5.54. The standard InChI is InChI=1S/C12H15N3OS/c1-2-11-14-12(16-15-11)8-17-10-5-3-9(7-13)4-6-10/h3-6H,2,7-8,13H2,1H3. The molecule has 0 saturated heterocycles. The maximum absolute atomic E-state index is 5.54. The molecule has 17 heavy (non-hydrogen) atoms. The SMILES string of the molecule is CCc1noc(CSc2ccc(CN)cc2)n1. The molecule has 2 aromatic rings. The molecule has 5 heteroatoms. The Kier molecular flexibility index (Phi) is 4.17. The van der Waals surface area contributed by atoms with Crippen LogP contribution in [0.15, 0.2) is 33.7 Å². The summed E-state index contributed by atoms with van der Waals surface area (Å²) in [5, 5.41) is 3.86. The van der Waals surface area contributed by atoms with E-state index in [0.29, 0.717) is 18.2 Å². The molecule has 0 aliphatic carbocycles. The highest BCUT2D eigenvalue weighted by Gasteiger charge is 2.05. The smallest absolute Gasteiger partial charge is 0.237 e. The molecule has 1 aromatic heterocycles. The number of hydrogen-bond donors (Lipinski definition) is 1. The van der Waals surface area contributed by atoms with Crippen molar-refractivity contribution < 1.29 is 4.52 Å². The molecule has 2 N–H and O–H groups in total. The second-order valence-electron chi connectivity index (χ2n) is 3.59. The van der Waals surface area contributed by atoms with E-state index in [4.69, 9.17) is 10.3 Å². The Labute approximate surface area is 105 Å². The number of benzene rings is 1. The van der Waals surface area contributed by atoms with Crippen molar-refractivity contribution in [1.29, 1.82) is 0 Å². The maximum Gasteiger partial charge on any atom is 0.237 e. The molecule has 0 fully saturated rings. The first kappa shape index (κ1) is 12.1. The highest BCUT2D eigenvalue weighted by atomic mass is 32.2. The van der Waals surface area contributed by atoms with Gasteiger partial charge in [-0.1, -0.05) is 24.2 Å². The summed E-state index contributed by atoms with van der Waals surface area (Å²) in [6.07, 6.45) is 0.805. The van der Waals surface area contributed by atoms with Crippen LogP contribution in [0.5, 0.6) is 0 Å². The Morgan fingerprint density at radius 2 is 2.06 bits per heavy atom. The number of aromatic nitrogens is 2. The molecule has 0 saturated carbocycles. The van der Waals surface area contributed by atoms with Crippen molar-refractivity contribution >= 4 is 11.8 Å². The van der Waals surface area contributed by atoms with Crippen LogP contribution in [0.3, 0.4) is 0 Å². The van der Waals surface area contributed by atoms with Crippen molar-refractivity contribution in [2.75, 3.05) is 0 Å². The van der Waals surface area contributed by atoms with E-state index >= 15 is 0 Å². The number of rotatable bonds is 5. The zero-order valence-electron chi connectivity index (χ0n) is 9.72. The van der Waals surface area contributed by atoms with Gasteiger partial charge >= 0.3 is 0 Å². The fourth-order valence-corrected chi connectivity index (χ4v) is 2.10. The molecule has 0 unspecified atom stereocenters. The zero-order chi connectivity index (χ0) is 12.1. The summed E-state index contributed by atoms with van der Waals surface area (Å²) < 4.78 is 5.12. The van der Waals surface area contributed by atoms with E-state index in [1.165, 1.54) is 4.90 Å². The van der Waals surface area contributed by atoms with Gasteiger partial charge in [-0.25, -0.2) is 0 Å². The first-order chi connectivity index (χ1) is 8.31. The summed E-state index contributed by atoms with van der Waals surface area (Å²) in [6.45, 7) is 2.59. The van der Waals surface area contributed by atoms with E-state index in [-0.39, 0.29) is 0 Å². The molecule has 2 rings (SSSR count). The van der Waals surface area contributed by atoms with E-state index in [2.05, 4.69) is 22.3 Å². The van der Waals surface area contributed by atoms with E-state index in [9.17, 15) is 0 Å². The number of nitrogens with zero attached hydrogens (tertiary/aromatic N) is 2. The fraction of sp³-hybridized carbons (Fsp3) is 0.333. The molecule has 4 nitrogen and oxygen atoms in total. The molecule has 0 atom stereocenters. The van der Waals surface area contributed by atoms with Gasteiger partial charge in [-0.15, -0.1) is 11.8 Å². The molecule has 0 bridgehead atoms. The quantitative estimate of drug-likeness (QED) is 0.824. The van der Waals surface area contributed by atoms with Crippen LogP contribution in [0.2, 0.25) is 0 Å². The second kappa shape index (κ2) is 5.84. The largest absolute Gasteiger partial charge is 0.338 e. The molecule has 1 heterocycles. The van der Waals surface area contributed by atoms with Gasteiger partial charge in [-0.05, 0) is 17.7 Å². The lowest BCUT2D eigenvalue weighted by atomic mass is 10.2. The number of nitrogens with two attached hydrogens (primary N) is 1. The Bertz CT molecular complexity index is 467. The lowest BCUT2D eigenvalue weighted by molar-refractivity contribution is 0.385. The minimum atomic E-state index is 0.578. The monoisotopic (exact) mass is 249 g/mol. The Morgan fingerprint density at radius 1 is 1.29 bits per heavy atom. The van der Waals surface area contributed by atoms with Crippen molar-refractivity contribution in [3.63, 3.8) is 0 Å². The van der Waals surface area contributed by atoms with E-state index in [0.717, 1.165) is 17.8 Å². The van der Waals surface area contributed by atoms with Gasteiger partial charge < -0.3 is 10.3 Å². The topological polar surface area (TPSA) is 64.9 Å². The van der Waals surface area contributed by atoms with Crippen LogP contribution >= 0.6 is 11.8 Å². The molecule has 0 radical (unpaired) electrons. The van der Waals surface area contributed by atoms with Crippen LogP contribution in [0.1, 0.15) is 24.2 Å². The number of hydrogen-bond acceptors (Lipinski definition) is 5. The van der Waals surface area contributed by atoms with Gasteiger partial charge in [0.05, 0.1) is 5.75 Å². The Balaban J connectivity index is 1.92. The number of thioether (sulfide) groups is 1. The van der Waals surface area contributed by atoms with Gasteiger partial charge in [0, 0.05) is 17.9 Å². The van der Waals surface area contributed by atoms with Gasteiger partial charge in [0.1, 0.15) is 0 Å². The van der Waals surface area contributed by atoms with Gasteiger partial charge in [-0.3, -0.25) is 0 Å². The third-order valence-electron chi connectivity index (χ3n) is 2.35. The highest BCUT2D eigenvalue weighted by Crippen LogP contribution is 2.22. The molecular weight excluding hydrogens is 234 g/mol. The first-order valence-electron chi connectivity index (χ1n) is 5.55. The second-order valence-corrected chi connectivity index (χ2v) is 4.64. The van der Waals surface area contributed by atoms with Crippen molar-refractivity contribution in [3.8, 4) is 0 Å². The average Bonchev–Trinajstić information content (AvgIpc) is 2.85. The van der Waals surface area contributed by atoms with Crippen LogP contribution < -0.4 is 5.73 Å². The minimum Gasteiger partial charge on any atom is -0.338 e. The van der Waals surface area contributed by atoms with Crippen LogP contribution in [-0.4, -0.2) is 10.1 Å². The predicted molar refractivity (Wildman–Crippen MR) is 67.6 cm³/mol. The Hall–Kier alpha value is -1.33. The molecule has 0 amide bonds. The summed E-state index contributed by atoms with van der Waals surface area (Å²) in [5.41, 5.74) is 6.68. The normalized spacial score (nSPS) is 10.7. The van der Waals surface area contributed by atoms with Crippen molar-refractivity contribution in [2.45, 2.75) is 30.5 Å². The molecule has 0 aliphatic rings. The van der Waals surface area contributed by atoms with Crippen LogP contribution in [-0.2, 0) is 18.7 Å². The summed E-state index contributed by atoms with van der Waals surface area (Å²) in [5.74, 6) is 2.14.